The van der Waals surface area contributed by atoms with E-state index in [2.05, 4.69) is 40.4 Å². The lowest BCUT2D eigenvalue weighted by molar-refractivity contribution is -0.00600. The highest BCUT2D eigenvalue weighted by Gasteiger charge is 2.46. The van der Waals surface area contributed by atoms with Crippen LogP contribution in [0, 0.1) is 5.92 Å². The van der Waals surface area contributed by atoms with E-state index in [4.69, 9.17) is 0 Å². The number of piperidine rings is 1. The summed E-state index contributed by atoms with van der Waals surface area (Å²) in [5, 5.41) is 7.73. The number of nitrogens with zero attached hydrogens (tertiary/aromatic N) is 3. The molecule has 4 aliphatic rings. The molecule has 2 bridgehead atoms. The first-order valence-electron chi connectivity index (χ1n) is 9.82. The SMILES string of the molecule is CC1CC2CC(C1)N2C(=O)Nc1ccc(C2CC2)c(-c2ccn(C)n2)c1. The highest BCUT2D eigenvalue weighted by Crippen LogP contribution is 2.45. The summed E-state index contributed by atoms with van der Waals surface area (Å²) >= 11 is 0. The van der Waals surface area contributed by atoms with Gasteiger partial charge in [0.1, 0.15) is 0 Å². The van der Waals surface area contributed by atoms with Crippen molar-refractivity contribution in [2.75, 3.05) is 5.32 Å². The molecule has 5 heteroatoms. The molecule has 2 saturated carbocycles. The summed E-state index contributed by atoms with van der Waals surface area (Å²) in [4.78, 5) is 14.9. The fraction of sp³-hybridized carbons (Fsp3) is 0.524. The zero-order valence-corrected chi connectivity index (χ0v) is 15.5. The van der Waals surface area contributed by atoms with Gasteiger partial charge in [-0.05, 0) is 67.7 Å². The Balaban J connectivity index is 1.39. The van der Waals surface area contributed by atoms with E-state index in [1.807, 2.05) is 24.0 Å². The lowest BCUT2D eigenvalue weighted by atomic mass is 9.74. The number of anilines is 1. The number of rotatable bonds is 3. The summed E-state index contributed by atoms with van der Waals surface area (Å²) in [7, 11) is 1.94. The number of aromatic nitrogens is 2. The monoisotopic (exact) mass is 350 g/mol. The van der Waals surface area contributed by atoms with Gasteiger partial charge in [-0.3, -0.25) is 4.68 Å². The molecule has 2 saturated heterocycles. The van der Waals surface area contributed by atoms with Crippen LogP contribution in [0.2, 0.25) is 0 Å². The first kappa shape index (κ1) is 15.9. The largest absolute Gasteiger partial charge is 0.322 e. The van der Waals surface area contributed by atoms with Crippen molar-refractivity contribution in [3.8, 4) is 11.3 Å². The number of aryl methyl sites for hydroxylation is 1. The molecule has 0 spiro atoms. The second-order valence-electron chi connectivity index (χ2n) is 8.41. The predicted molar refractivity (Wildman–Crippen MR) is 102 cm³/mol. The van der Waals surface area contributed by atoms with Crippen LogP contribution in [0.5, 0.6) is 0 Å². The minimum absolute atomic E-state index is 0.0595. The van der Waals surface area contributed by atoms with E-state index in [-0.39, 0.29) is 6.03 Å². The van der Waals surface area contributed by atoms with Gasteiger partial charge in [0.15, 0.2) is 0 Å². The van der Waals surface area contributed by atoms with Crippen LogP contribution in [-0.4, -0.2) is 32.8 Å². The van der Waals surface area contributed by atoms with Crippen LogP contribution in [0.3, 0.4) is 0 Å². The second kappa shape index (κ2) is 5.86. The van der Waals surface area contributed by atoms with E-state index in [9.17, 15) is 4.79 Å². The molecule has 2 aliphatic carbocycles. The third-order valence-corrected chi connectivity index (χ3v) is 6.23. The van der Waals surface area contributed by atoms with Crippen LogP contribution < -0.4 is 5.32 Å². The summed E-state index contributed by atoms with van der Waals surface area (Å²) in [5.41, 5.74) is 4.37. The molecular weight excluding hydrogens is 324 g/mol. The summed E-state index contributed by atoms with van der Waals surface area (Å²) in [6.45, 7) is 2.30. The van der Waals surface area contributed by atoms with E-state index in [1.54, 1.807) is 0 Å². The van der Waals surface area contributed by atoms with Crippen molar-refractivity contribution in [1.82, 2.24) is 14.7 Å². The molecular formula is C21H26N4O. The molecule has 2 unspecified atom stereocenters. The molecule has 136 valence electrons. The van der Waals surface area contributed by atoms with Crippen molar-refractivity contribution >= 4 is 11.7 Å². The fourth-order valence-electron chi connectivity index (χ4n) is 4.83. The number of urea groups is 1. The minimum atomic E-state index is 0.0595. The van der Waals surface area contributed by atoms with Crippen molar-refractivity contribution in [1.29, 1.82) is 0 Å². The number of hydrogen-bond donors (Lipinski definition) is 1. The average Bonchev–Trinajstić information content (AvgIpc) is 3.35. The normalized spacial score (nSPS) is 27.2. The molecule has 5 nitrogen and oxygen atoms in total. The van der Waals surface area contributed by atoms with Crippen molar-refractivity contribution in [3.05, 3.63) is 36.0 Å². The third-order valence-electron chi connectivity index (χ3n) is 6.23. The molecule has 1 aromatic heterocycles. The summed E-state index contributed by atoms with van der Waals surface area (Å²) in [5.74, 6) is 1.39. The summed E-state index contributed by atoms with van der Waals surface area (Å²) < 4.78 is 1.83. The minimum Gasteiger partial charge on any atom is -0.318 e. The molecule has 1 N–H and O–H groups in total. The van der Waals surface area contributed by atoms with Crippen LogP contribution >= 0.6 is 0 Å². The number of carbonyl (C=O) groups is 1. The molecule has 2 aliphatic heterocycles. The van der Waals surface area contributed by atoms with Crippen LogP contribution in [0.4, 0.5) is 10.5 Å². The molecule has 4 fully saturated rings. The molecule has 2 aromatic rings. The Morgan fingerprint density at radius 3 is 2.58 bits per heavy atom. The Morgan fingerprint density at radius 1 is 1.15 bits per heavy atom. The molecule has 6 rings (SSSR count). The highest BCUT2D eigenvalue weighted by molar-refractivity contribution is 5.91. The Bertz CT molecular complexity index is 841. The molecule has 2 atom stereocenters. The Hall–Kier alpha value is -2.30. The Labute approximate surface area is 154 Å². The number of carbonyl (C=O) groups excluding carboxylic acids is 1. The quantitative estimate of drug-likeness (QED) is 0.894. The van der Waals surface area contributed by atoms with Crippen LogP contribution in [0.25, 0.3) is 11.3 Å². The number of nitrogens with one attached hydrogen (secondary N) is 1. The van der Waals surface area contributed by atoms with Gasteiger partial charge in [0.2, 0.25) is 0 Å². The van der Waals surface area contributed by atoms with Gasteiger partial charge in [0.25, 0.3) is 0 Å². The molecule has 3 heterocycles. The van der Waals surface area contributed by atoms with Gasteiger partial charge in [0.05, 0.1) is 5.69 Å². The summed E-state index contributed by atoms with van der Waals surface area (Å²) in [6, 6.07) is 9.31. The van der Waals surface area contributed by atoms with Crippen LogP contribution in [0.1, 0.15) is 50.5 Å². The van der Waals surface area contributed by atoms with Gasteiger partial charge in [-0.2, -0.15) is 5.10 Å². The van der Waals surface area contributed by atoms with E-state index in [0.29, 0.717) is 18.0 Å². The second-order valence-corrected chi connectivity index (χ2v) is 8.41. The van der Waals surface area contributed by atoms with Gasteiger partial charge in [-0.15, -0.1) is 0 Å². The van der Waals surface area contributed by atoms with Gasteiger partial charge in [-0.25, -0.2) is 4.79 Å². The lowest BCUT2D eigenvalue weighted by Gasteiger charge is -2.54. The van der Waals surface area contributed by atoms with Gasteiger partial charge < -0.3 is 10.2 Å². The maximum absolute atomic E-state index is 12.8. The average molecular weight is 350 g/mol. The lowest BCUT2D eigenvalue weighted by Crippen LogP contribution is -2.63. The van der Waals surface area contributed by atoms with E-state index in [1.165, 1.54) is 24.8 Å². The van der Waals surface area contributed by atoms with Crippen molar-refractivity contribution in [3.63, 3.8) is 0 Å². The van der Waals surface area contributed by atoms with Crippen molar-refractivity contribution in [2.45, 2.75) is 57.0 Å². The zero-order valence-electron chi connectivity index (χ0n) is 15.5. The maximum Gasteiger partial charge on any atom is 0.322 e. The highest BCUT2D eigenvalue weighted by atomic mass is 16.2. The van der Waals surface area contributed by atoms with Crippen molar-refractivity contribution in [2.24, 2.45) is 13.0 Å². The molecule has 1 aromatic carbocycles. The Kier molecular flexibility index (Phi) is 3.59. The van der Waals surface area contributed by atoms with E-state index >= 15 is 0 Å². The van der Waals surface area contributed by atoms with Gasteiger partial charge >= 0.3 is 6.03 Å². The van der Waals surface area contributed by atoms with Crippen molar-refractivity contribution < 1.29 is 4.79 Å². The first-order valence-corrected chi connectivity index (χ1v) is 9.82. The van der Waals surface area contributed by atoms with Gasteiger partial charge in [-0.1, -0.05) is 13.0 Å². The smallest absolute Gasteiger partial charge is 0.318 e. The molecule has 2 amide bonds. The third kappa shape index (κ3) is 2.70. The molecule has 26 heavy (non-hydrogen) atoms. The summed E-state index contributed by atoms with van der Waals surface area (Å²) in [6.07, 6.45) is 7.94. The predicted octanol–water partition coefficient (Wildman–Crippen LogP) is 4.37. The topological polar surface area (TPSA) is 50.2 Å². The zero-order chi connectivity index (χ0) is 17.8. The molecule has 0 radical (unpaired) electrons. The van der Waals surface area contributed by atoms with E-state index < -0.39 is 0 Å². The standard InChI is InChI=1S/C21H26N4O/c1-13-9-16-12-17(10-13)25(16)21(26)22-15-5-6-18(14-3-4-14)19(11-15)20-7-8-24(2)23-20/h5-8,11,13-14,16-17H,3-4,9-10,12H2,1-2H3,(H,22,26). The number of fused-ring (bicyclic) bond motifs is 2. The number of amides is 2. The maximum atomic E-state index is 12.8. The fourth-order valence-corrected chi connectivity index (χ4v) is 4.83. The Morgan fingerprint density at radius 2 is 1.92 bits per heavy atom. The first-order chi connectivity index (χ1) is 12.6. The van der Waals surface area contributed by atoms with E-state index in [0.717, 1.165) is 35.7 Å². The van der Waals surface area contributed by atoms with Crippen LogP contribution in [-0.2, 0) is 7.05 Å². The number of benzene rings is 1. The van der Waals surface area contributed by atoms with Gasteiger partial charge in [0, 0.05) is 36.6 Å². The number of hydrogen-bond acceptors (Lipinski definition) is 2. The van der Waals surface area contributed by atoms with Crippen LogP contribution in [0.15, 0.2) is 30.5 Å².